The Labute approximate surface area is 176 Å². The van der Waals surface area contributed by atoms with Gasteiger partial charge in [0.15, 0.2) is 0 Å². The summed E-state index contributed by atoms with van der Waals surface area (Å²) in [5.41, 5.74) is 0.152. The van der Waals surface area contributed by atoms with E-state index < -0.39 is 28.9 Å². The van der Waals surface area contributed by atoms with E-state index in [4.69, 9.17) is 9.47 Å². The molecule has 1 unspecified atom stereocenters. The van der Waals surface area contributed by atoms with E-state index in [0.29, 0.717) is 13.2 Å². The molecule has 0 N–H and O–H groups in total. The van der Waals surface area contributed by atoms with Gasteiger partial charge in [0.2, 0.25) is 16.4 Å². The molecule has 2 aliphatic heterocycles. The molecule has 30 heavy (non-hydrogen) atoms. The second-order valence-corrected chi connectivity index (χ2v) is 10.4. The molecular formula is C20H29F2N3O4S. The van der Waals surface area contributed by atoms with Crippen molar-refractivity contribution in [3.8, 4) is 0 Å². The molecule has 2 saturated heterocycles. The van der Waals surface area contributed by atoms with Crippen molar-refractivity contribution in [1.29, 1.82) is 0 Å². The first-order valence-corrected chi connectivity index (χ1v) is 12.0. The van der Waals surface area contributed by atoms with Crippen molar-refractivity contribution >= 4 is 15.8 Å². The van der Waals surface area contributed by atoms with Crippen LogP contribution in [0.25, 0.3) is 0 Å². The van der Waals surface area contributed by atoms with Crippen LogP contribution in [0.2, 0.25) is 0 Å². The summed E-state index contributed by atoms with van der Waals surface area (Å²) in [6, 6.07) is 2.37. The molecule has 3 fully saturated rings. The smallest absolute Gasteiger partial charge is 0.245 e. The van der Waals surface area contributed by atoms with Gasteiger partial charge in [0.1, 0.15) is 10.7 Å². The van der Waals surface area contributed by atoms with Crippen LogP contribution < -0.4 is 4.90 Å². The molecule has 0 amide bonds. The summed E-state index contributed by atoms with van der Waals surface area (Å²) < 4.78 is 64.1. The van der Waals surface area contributed by atoms with Gasteiger partial charge in [-0.2, -0.15) is 4.31 Å². The maximum absolute atomic E-state index is 13.1. The Morgan fingerprint density at radius 2 is 1.93 bits per heavy atom. The van der Waals surface area contributed by atoms with Gasteiger partial charge in [-0.25, -0.2) is 22.2 Å². The van der Waals surface area contributed by atoms with Crippen molar-refractivity contribution < 1.29 is 26.7 Å². The average molecular weight is 446 g/mol. The molecule has 168 valence electrons. The van der Waals surface area contributed by atoms with Gasteiger partial charge in [-0.15, -0.1) is 0 Å². The van der Waals surface area contributed by atoms with Gasteiger partial charge < -0.3 is 14.4 Å². The third kappa shape index (κ3) is 4.61. The van der Waals surface area contributed by atoms with E-state index in [1.165, 1.54) is 25.1 Å². The van der Waals surface area contributed by atoms with Crippen molar-refractivity contribution in [3.05, 3.63) is 18.3 Å². The zero-order chi connectivity index (χ0) is 21.2. The second kappa shape index (κ2) is 9.02. The number of rotatable bonds is 5. The minimum absolute atomic E-state index is 0.0223. The van der Waals surface area contributed by atoms with Crippen LogP contribution in [0.5, 0.6) is 0 Å². The van der Waals surface area contributed by atoms with Gasteiger partial charge in [-0.1, -0.05) is 12.8 Å². The zero-order valence-electron chi connectivity index (χ0n) is 17.0. The highest BCUT2D eigenvalue weighted by Gasteiger charge is 2.38. The molecule has 1 spiro atoms. The molecule has 4 rings (SSSR count). The Balaban J connectivity index is 1.52. The first kappa shape index (κ1) is 21.9. The lowest BCUT2D eigenvalue weighted by Gasteiger charge is -2.34. The lowest BCUT2D eigenvalue weighted by atomic mass is 9.87. The molecule has 1 aliphatic carbocycles. The van der Waals surface area contributed by atoms with Gasteiger partial charge in [-0.3, -0.25) is 0 Å². The average Bonchev–Trinajstić information content (AvgIpc) is 3.07. The van der Waals surface area contributed by atoms with Crippen molar-refractivity contribution in [1.82, 2.24) is 9.29 Å². The largest absolute Gasteiger partial charge is 0.379 e. The fraction of sp³-hybridized carbons (Fsp3) is 0.750. The van der Waals surface area contributed by atoms with Crippen molar-refractivity contribution in [2.75, 3.05) is 51.0 Å². The number of aromatic nitrogens is 1. The Morgan fingerprint density at radius 3 is 2.63 bits per heavy atom. The highest BCUT2D eigenvalue weighted by Crippen LogP contribution is 2.40. The number of hydrogen-bond acceptors (Lipinski definition) is 6. The quantitative estimate of drug-likeness (QED) is 0.694. The van der Waals surface area contributed by atoms with E-state index in [0.717, 1.165) is 36.1 Å². The normalized spacial score (nSPS) is 25.7. The molecule has 1 aromatic heterocycles. The number of halogens is 2. The van der Waals surface area contributed by atoms with Gasteiger partial charge in [-0.05, 0) is 25.0 Å². The van der Waals surface area contributed by atoms with Crippen LogP contribution in [0, 0.1) is 5.41 Å². The van der Waals surface area contributed by atoms with E-state index in [1.807, 2.05) is 0 Å². The molecule has 10 heteroatoms. The Bertz CT molecular complexity index is 816. The van der Waals surface area contributed by atoms with Crippen LogP contribution in [0.15, 0.2) is 23.2 Å². The molecule has 1 saturated carbocycles. The number of ether oxygens (including phenoxy) is 2. The van der Waals surface area contributed by atoms with Crippen LogP contribution in [0.4, 0.5) is 14.6 Å². The van der Waals surface area contributed by atoms with E-state index in [1.54, 1.807) is 6.07 Å². The monoisotopic (exact) mass is 445 g/mol. The van der Waals surface area contributed by atoms with Crippen LogP contribution in [-0.4, -0.2) is 76.2 Å². The molecule has 1 atom stereocenters. The second-order valence-electron chi connectivity index (χ2n) is 8.50. The topological polar surface area (TPSA) is 72.0 Å². The minimum atomic E-state index is -3.92. The number of hydrogen-bond donors (Lipinski definition) is 0. The van der Waals surface area contributed by atoms with Gasteiger partial charge in [0, 0.05) is 37.7 Å². The number of nitrogens with zero attached hydrogens (tertiary/aromatic N) is 3. The highest BCUT2D eigenvalue weighted by atomic mass is 32.2. The molecule has 3 heterocycles. The number of anilines is 1. The molecule has 1 aromatic rings. The molecule has 3 aliphatic rings. The molecule has 7 nitrogen and oxygen atoms in total. The number of sulfonamides is 1. The van der Waals surface area contributed by atoms with Crippen LogP contribution in [-0.2, 0) is 19.5 Å². The Kier molecular flexibility index (Phi) is 6.57. The first-order chi connectivity index (χ1) is 14.4. The van der Waals surface area contributed by atoms with E-state index in [9.17, 15) is 17.2 Å². The SMILES string of the molecule is O=S(=O)(c1ccc(N2CCOCC3(CCCC3)C2)nc1)N1CCOCC1CC(F)F. The molecular weight excluding hydrogens is 416 g/mol. The summed E-state index contributed by atoms with van der Waals surface area (Å²) in [4.78, 5) is 6.62. The van der Waals surface area contributed by atoms with Crippen molar-refractivity contribution in [2.45, 2.75) is 49.5 Å². The number of alkyl halides is 2. The zero-order valence-corrected chi connectivity index (χ0v) is 17.8. The third-order valence-electron chi connectivity index (χ3n) is 6.38. The highest BCUT2D eigenvalue weighted by molar-refractivity contribution is 7.89. The summed E-state index contributed by atoms with van der Waals surface area (Å²) in [6.07, 6.45) is 2.90. The molecule has 0 aromatic carbocycles. The summed E-state index contributed by atoms with van der Waals surface area (Å²) in [5.74, 6) is 0.719. The predicted molar refractivity (Wildman–Crippen MR) is 107 cm³/mol. The Morgan fingerprint density at radius 1 is 1.17 bits per heavy atom. The summed E-state index contributed by atoms with van der Waals surface area (Å²) in [5, 5.41) is 0. The third-order valence-corrected chi connectivity index (χ3v) is 8.31. The molecule has 0 radical (unpaired) electrons. The Hall–Kier alpha value is -1.36. The maximum Gasteiger partial charge on any atom is 0.245 e. The van der Waals surface area contributed by atoms with Gasteiger partial charge in [0.25, 0.3) is 0 Å². The van der Waals surface area contributed by atoms with Crippen molar-refractivity contribution in [2.24, 2.45) is 5.41 Å². The fourth-order valence-electron chi connectivity index (χ4n) is 4.81. The van der Waals surface area contributed by atoms with Crippen molar-refractivity contribution in [3.63, 3.8) is 0 Å². The maximum atomic E-state index is 13.1. The van der Waals surface area contributed by atoms with E-state index >= 15 is 0 Å². The summed E-state index contributed by atoms with van der Waals surface area (Å²) >= 11 is 0. The van der Waals surface area contributed by atoms with Crippen LogP contribution in [0.3, 0.4) is 0 Å². The number of morpholine rings is 1. The van der Waals surface area contributed by atoms with Crippen LogP contribution >= 0.6 is 0 Å². The standard InChI is InChI=1S/C20H29F2N3O4S/c21-18(22)11-16-13-28-10-8-25(16)30(26,27)17-3-4-19(23-12-17)24-7-9-29-15-20(14-24)5-1-2-6-20/h3-4,12,16,18H,1-2,5-11,13-15H2. The first-order valence-electron chi connectivity index (χ1n) is 10.6. The van der Waals surface area contributed by atoms with Gasteiger partial charge >= 0.3 is 0 Å². The lowest BCUT2D eigenvalue weighted by Crippen LogP contribution is -2.49. The van der Waals surface area contributed by atoms with Gasteiger partial charge in [0.05, 0.1) is 32.5 Å². The number of pyridine rings is 1. The molecule has 0 bridgehead atoms. The predicted octanol–water partition coefficient (Wildman–Crippen LogP) is 2.52. The van der Waals surface area contributed by atoms with E-state index in [2.05, 4.69) is 9.88 Å². The minimum Gasteiger partial charge on any atom is -0.379 e. The lowest BCUT2D eigenvalue weighted by molar-refractivity contribution is 0.00452. The van der Waals surface area contributed by atoms with E-state index in [-0.39, 0.29) is 30.1 Å². The van der Waals surface area contributed by atoms with Crippen LogP contribution in [0.1, 0.15) is 32.1 Å². The fourth-order valence-corrected chi connectivity index (χ4v) is 6.36. The summed E-state index contributed by atoms with van der Waals surface area (Å²) in [7, 11) is -3.92. The summed E-state index contributed by atoms with van der Waals surface area (Å²) in [6.45, 7) is 3.18.